The fraction of sp³-hybridized carbons (Fsp3) is 0.464. The van der Waals surface area contributed by atoms with Crippen molar-refractivity contribution in [2.75, 3.05) is 13.2 Å². The maximum Gasteiger partial charge on any atom is 0.247 e. The molecule has 1 amide bonds. The summed E-state index contributed by atoms with van der Waals surface area (Å²) in [5.41, 5.74) is 4.49. The van der Waals surface area contributed by atoms with E-state index in [4.69, 9.17) is 15.2 Å². The predicted molar refractivity (Wildman–Crippen MR) is 140 cm³/mol. The van der Waals surface area contributed by atoms with Crippen LogP contribution in [0.1, 0.15) is 13.8 Å². The minimum Gasteiger partial charge on any atom is -0.390 e. The Kier molecular flexibility index (Phi) is 10.4. The lowest BCUT2D eigenvalue weighted by atomic mass is 9.96. The topological polar surface area (TPSA) is 146 Å². The molecule has 2 fully saturated rings. The molecule has 0 spiro atoms. The van der Waals surface area contributed by atoms with Crippen LogP contribution in [-0.2, 0) is 14.3 Å². The molecule has 202 valence electrons. The van der Waals surface area contributed by atoms with Gasteiger partial charge in [-0.15, -0.1) is 0 Å². The molecule has 0 bridgehead atoms. The number of amides is 1. The zero-order chi connectivity index (χ0) is 27.0. The summed E-state index contributed by atoms with van der Waals surface area (Å²) in [5.74, 6) is -0.231. The normalized spacial score (nSPS) is 39.4. The van der Waals surface area contributed by atoms with Gasteiger partial charge in [0.1, 0.15) is 23.9 Å². The number of aliphatic hydroxyl groups is 4. The van der Waals surface area contributed by atoms with Gasteiger partial charge < -0.3 is 40.5 Å². The van der Waals surface area contributed by atoms with Crippen molar-refractivity contribution in [3.05, 3.63) is 85.1 Å². The number of hydrogen-bond acceptors (Lipinski definition) is 8. The van der Waals surface area contributed by atoms with Crippen molar-refractivity contribution in [3.8, 4) is 0 Å². The van der Waals surface area contributed by atoms with Gasteiger partial charge in [0.15, 0.2) is 6.29 Å². The SMILES string of the molecule is C[C@H]1CN2C(=O)C=CC=CC=C[C@@](C)(O)C(O[C@@H]3OC[C@@H](O)[C@H](O)[C@H]3N)C=CC=CC=CC=C[C@@H]2[C@@H]1O. The number of nitrogens with two attached hydrogens (primary N) is 1. The van der Waals surface area contributed by atoms with E-state index in [0.29, 0.717) is 6.54 Å². The molecule has 9 heteroatoms. The Balaban J connectivity index is 1.83. The van der Waals surface area contributed by atoms with Crippen LogP contribution in [0.2, 0.25) is 0 Å². The van der Waals surface area contributed by atoms with Crippen LogP contribution < -0.4 is 5.73 Å². The van der Waals surface area contributed by atoms with Gasteiger partial charge in [-0.3, -0.25) is 4.79 Å². The van der Waals surface area contributed by atoms with Crippen molar-refractivity contribution in [1.29, 1.82) is 0 Å². The van der Waals surface area contributed by atoms with Gasteiger partial charge in [-0.2, -0.15) is 0 Å². The van der Waals surface area contributed by atoms with Crippen molar-refractivity contribution >= 4 is 5.91 Å². The number of nitrogens with zero attached hydrogens (tertiary/aromatic N) is 1. The van der Waals surface area contributed by atoms with Gasteiger partial charge in [-0.05, 0) is 6.92 Å². The van der Waals surface area contributed by atoms with E-state index >= 15 is 0 Å². The van der Waals surface area contributed by atoms with Crippen molar-refractivity contribution in [2.45, 2.75) is 62.2 Å². The molecule has 3 rings (SSSR count). The maximum atomic E-state index is 12.7. The molecule has 1 unspecified atom stereocenters. The number of hydrogen-bond donors (Lipinski definition) is 5. The number of carbonyl (C=O) groups is 1. The largest absolute Gasteiger partial charge is 0.390 e. The molecule has 6 N–H and O–H groups in total. The summed E-state index contributed by atoms with van der Waals surface area (Å²) in [6.45, 7) is 3.79. The van der Waals surface area contributed by atoms with Gasteiger partial charge in [0.25, 0.3) is 0 Å². The summed E-state index contributed by atoms with van der Waals surface area (Å²) in [7, 11) is 0. The Hall–Kier alpha value is -2.63. The first-order valence-electron chi connectivity index (χ1n) is 12.4. The number of carbonyl (C=O) groups excluding carboxylic acids is 1. The van der Waals surface area contributed by atoms with Gasteiger partial charge >= 0.3 is 0 Å². The smallest absolute Gasteiger partial charge is 0.247 e. The average Bonchev–Trinajstić information content (AvgIpc) is 3.14. The van der Waals surface area contributed by atoms with E-state index in [2.05, 4.69) is 0 Å². The van der Waals surface area contributed by atoms with Crippen LogP contribution in [0.3, 0.4) is 0 Å². The fourth-order valence-corrected chi connectivity index (χ4v) is 4.30. The van der Waals surface area contributed by atoms with Gasteiger partial charge in [-0.25, -0.2) is 0 Å². The maximum absolute atomic E-state index is 12.7. The van der Waals surface area contributed by atoms with Crippen LogP contribution in [-0.4, -0.2) is 92.8 Å². The molecule has 0 aromatic heterocycles. The molecule has 3 heterocycles. The molecule has 37 heavy (non-hydrogen) atoms. The van der Waals surface area contributed by atoms with E-state index in [1.807, 2.05) is 13.0 Å². The van der Waals surface area contributed by atoms with E-state index in [1.165, 1.54) is 12.2 Å². The van der Waals surface area contributed by atoms with Crippen LogP contribution in [0.4, 0.5) is 0 Å². The van der Waals surface area contributed by atoms with Gasteiger partial charge in [0.2, 0.25) is 5.91 Å². The molecule has 3 aliphatic rings. The van der Waals surface area contributed by atoms with E-state index < -0.39 is 48.4 Å². The number of allylic oxidation sites excluding steroid dienone is 10. The standard InChI is InChI=1S/C28H38N2O7/c1-19-17-30-20(25(19)33)13-9-5-3-4-6-10-14-22(37-27-24(29)26(34)21(31)18-36-27)28(2,35)16-12-8-7-11-15-23(30)32/h3-16,19-22,24-27,31,33-35H,17-18,29H2,1-2H3/t19-,20+,21+,22?,24+,25+,26-,27-,28+/m0/s1. The predicted octanol–water partition coefficient (Wildman–Crippen LogP) is 0.643. The third-order valence-electron chi connectivity index (χ3n) is 6.61. The van der Waals surface area contributed by atoms with E-state index in [0.717, 1.165) is 0 Å². The number of fused-ring (bicyclic) bond motifs is 1. The van der Waals surface area contributed by atoms with E-state index in [-0.39, 0.29) is 18.4 Å². The lowest BCUT2D eigenvalue weighted by Crippen LogP contribution is -2.59. The van der Waals surface area contributed by atoms with Gasteiger partial charge in [0, 0.05) is 18.5 Å². The first-order chi connectivity index (χ1) is 17.6. The van der Waals surface area contributed by atoms with Crippen molar-refractivity contribution in [3.63, 3.8) is 0 Å². The van der Waals surface area contributed by atoms with Gasteiger partial charge in [0.05, 0.1) is 24.8 Å². The molecule has 0 aromatic rings. The molecular weight excluding hydrogens is 476 g/mol. The lowest BCUT2D eigenvalue weighted by Gasteiger charge is -2.39. The summed E-state index contributed by atoms with van der Waals surface area (Å²) in [5, 5.41) is 41.5. The molecular formula is C28H38N2O7. The second-order valence-electron chi connectivity index (χ2n) is 9.71. The third kappa shape index (κ3) is 7.68. The Labute approximate surface area is 217 Å². The molecule has 0 saturated carbocycles. The van der Waals surface area contributed by atoms with Crippen LogP contribution >= 0.6 is 0 Å². The second-order valence-corrected chi connectivity index (χ2v) is 9.71. The Morgan fingerprint density at radius 1 is 0.973 bits per heavy atom. The highest BCUT2D eigenvalue weighted by molar-refractivity contribution is 5.88. The average molecular weight is 515 g/mol. The highest BCUT2D eigenvalue weighted by atomic mass is 16.7. The molecule has 2 saturated heterocycles. The fourth-order valence-electron chi connectivity index (χ4n) is 4.30. The molecule has 0 radical (unpaired) electrons. The summed E-state index contributed by atoms with van der Waals surface area (Å²) >= 11 is 0. The minimum atomic E-state index is -1.49. The number of aliphatic hydroxyl groups excluding tert-OH is 3. The quantitative estimate of drug-likeness (QED) is 0.361. The highest BCUT2D eigenvalue weighted by Gasteiger charge is 2.41. The number of rotatable bonds is 2. The monoisotopic (exact) mass is 514 g/mol. The minimum absolute atomic E-state index is 0.0309. The zero-order valence-electron chi connectivity index (χ0n) is 21.2. The molecule has 9 nitrogen and oxygen atoms in total. The Morgan fingerprint density at radius 3 is 2.32 bits per heavy atom. The van der Waals surface area contributed by atoms with E-state index in [9.17, 15) is 25.2 Å². The summed E-state index contributed by atoms with van der Waals surface area (Å²) in [6, 6.07) is -1.41. The van der Waals surface area contributed by atoms with Crippen molar-refractivity contribution < 1.29 is 34.7 Å². The van der Waals surface area contributed by atoms with Crippen LogP contribution in [0.15, 0.2) is 85.1 Å². The zero-order valence-corrected chi connectivity index (χ0v) is 21.2. The van der Waals surface area contributed by atoms with Crippen molar-refractivity contribution in [1.82, 2.24) is 4.90 Å². The highest BCUT2D eigenvalue weighted by Crippen LogP contribution is 2.26. The Morgan fingerprint density at radius 2 is 1.59 bits per heavy atom. The summed E-state index contributed by atoms with van der Waals surface area (Å²) < 4.78 is 11.4. The Bertz CT molecular complexity index is 981. The summed E-state index contributed by atoms with van der Waals surface area (Å²) in [4.78, 5) is 14.4. The van der Waals surface area contributed by atoms with E-state index in [1.54, 1.807) is 78.7 Å². The first-order valence-corrected chi connectivity index (χ1v) is 12.4. The second kappa shape index (κ2) is 13.3. The lowest BCUT2D eigenvalue weighted by molar-refractivity contribution is -0.251. The molecule has 3 aliphatic heterocycles. The van der Waals surface area contributed by atoms with Crippen LogP contribution in [0.25, 0.3) is 0 Å². The first kappa shape index (κ1) is 28.9. The number of ether oxygens (including phenoxy) is 2. The van der Waals surface area contributed by atoms with Crippen LogP contribution in [0.5, 0.6) is 0 Å². The molecule has 0 aromatic carbocycles. The van der Waals surface area contributed by atoms with Crippen LogP contribution in [0, 0.1) is 5.92 Å². The molecule has 0 aliphatic carbocycles. The molecule has 9 atom stereocenters. The third-order valence-corrected chi connectivity index (χ3v) is 6.61. The van der Waals surface area contributed by atoms with Gasteiger partial charge in [-0.1, -0.05) is 85.9 Å². The summed E-state index contributed by atoms with van der Waals surface area (Å²) in [6.07, 6.45) is 18.7. The van der Waals surface area contributed by atoms with Crippen molar-refractivity contribution in [2.24, 2.45) is 11.7 Å².